The molecule has 2 nitrogen and oxygen atoms in total. The minimum Gasteiger partial charge on any atom is -0.389 e. The van der Waals surface area contributed by atoms with Crippen LogP contribution in [0.4, 0.5) is 0 Å². The van der Waals surface area contributed by atoms with Crippen molar-refractivity contribution in [2.24, 2.45) is 0 Å². The zero-order valence-electron chi connectivity index (χ0n) is 10.9. The van der Waals surface area contributed by atoms with Crippen LogP contribution in [-0.4, -0.2) is 17.3 Å². The zero-order valence-corrected chi connectivity index (χ0v) is 10.9. The molecule has 0 aliphatic heterocycles. The van der Waals surface area contributed by atoms with Crippen molar-refractivity contribution >= 4 is 0 Å². The average Bonchev–Trinajstić information content (AvgIpc) is 2.30. The molecule has 1 aromatic carbocycles. The second kappa shape index (κ2) is 5.19. The summed E-state index contributed by atoms with van der Waals surface area (Å²) in [6, 6.07) is 9.03. The number of nitrogens with one attached hydrogen (secondary N) is 1. The van der Waals surface area contributed by atoms with Crippen LogP contribution in [0.5, 0.6) is 0 Å². The Balaban J connectivity index is 1.94. The van der Waals surface area contributed by atoms with Gasteiger partial charge < -0.3 is 10.4 Å². The van der Waals surface area contributed by atoms with Gasteiger partial charge in [-0.3, -0.25) is 0 Å². The third kappa shape index (κ3) is 3.08. The van der Waals surface area contributed by atoms with Gasteiger partial charge in [0, 0.05) is 12.6 Å². The Morgan fingerprint density at radius 1 is 1.29 bits per heavy atom. The number of aliphatic hydroxyl groups is 1. The number of hydrogen-bond acceptors (Lipinski definition) is 2. The van der Waals surface area contributed by atoms with Crippen molar-refractivity contribution in [1.82, 2.24) is 5.32 Å². The highest BCUT2D eigenvalue weighted by Crippen LogP contribution is 2.31. The highest BCUT2D eigenvalue weighted by atomic mass is 16.3. The van der Waals surface area contributed by atoms with Gasteiger partial charge in [0.05, 0.1) is 5.60 Å². The Kier molecular flexibility index (Phi) is 3.85. The SMILES string of the molecule is CCC(NCC1(O)CCC1)c1ccc(C)cc1. The first-order valence-corrected chi connectivity index (χ1v) is 6.65. The molecule has 1 unspecified atom stereocenters. The normalized spacial score (nSPS) is 19.7. The molecule has 2 rings (SSSR count). The van der Waals surface area contributed by atoms with Crippen molar-refractivity contribution in [2.75, 3.05) is 6.54 Å². The molecule has 1 fully saturated rings. The average molecular weight is 233 g/mol. The summed E-state index contributed by atoms with van der Waals surface area (Å²) >= 11 is 0. The maximum Gasteiger partial charge on any atom is 0.0771 e. The molecule has 0 saturated heterocycles. The van der Waals surface area contributed by atoms with Gasteiger partial charge in [0.2, 0.25) is 0 Å². The van der Waals surface area contributed by atoms with E-state index >= 15 is 0 Å². The molecule has 2 N–H and O–H groups in total. The molecule has 0 heterocycles. The van der Waals surface area contributed by atoms with Crippen molar-refractivity contribution in [2.45, 2.75) is 51.2 Å². The fourth-order valence-electron chi connectivity index (χ4n) is 2.37. The van der Waals surface area contributed by atoms with Gasteiger partial charge in [0.15, 0.2) is 0 Å². The number of aryl methyl sites for hydroxylation is 1. The maximum atomic E-state index is 10.1. The largest absolute Gasteiger partial charge is 0.389 e. The molecule has 94 valence electrons. The summed E-state index contributed by atoms with van der Waals surface area (Å²) in [7, 11) is 0. The van der Waals surface area contributed by atoms with E-state index in [4.69, 9.17) is 0 Å². The van der Waals surface area contributed by atoms with E-state index in [0.717, 1.165) is 25.8 Å². The van der Waals surface area contributed by atoms with Gasteiger partial charge in [-0.15, -0.1) is 0 Å². The summed E-state index contributed by atoms with van der Waals surface area (Å²) in [5.74, 6) is 0. The standard InChI is InChI=1S/C15H23NO/c1-3-14(13-7-5-12(2)6-8-13)16-11-15(17)9-4-10-15/h5-8,14,16-17H,3-4,9-11H2,1-2H3. The van der Waals surface area contributed by atoms with E-state index in [9.17, 15) is 5.11 Å². The quantitative estimate of drug-likeness (QED) is 0.819. The van der Waals surface area contributed by atoms with Crippen LogP contribution < -0.4 is 5.32 Å². The van der Waals surface area contributed by atoms with E-state index in [2.05, 4.69) is 43.4 Å². The summed E-state index contributed by atoms with van der Waals surface area (Å²) in [6.07, 6.45) is 4.12. The molecule has 17 heavy (non-hydrogen) atoms. The van der Waals surface area contributed by atoms with Gasteiger partial charge in [0.25, 0.3) is 0 Å². The summed E-state index contributed by atoms with van der Waals surface area (Å²) < 4.78 is 0. The Bertz CT molecular complexity index is 354. The molecule has 0 bridgehead atoms. The minimum atomic E-state index is -0.432. The first kappa shape index (κ1) is 12.6. The molecular formula is C15H23NO. The summed E-state index contributed by atoms with van der Waals surface area (Å²) in [5, 5.41) is 13.6. The number of hydrogen-bond donors (Lipinski definition) is 2. The monoisotopic (exact) mass is 233 g/mol. The van der Waals surface area contributed by atoms with Crippen LogP contribution in [-0.2, 0) is 0 Å². The molecule has 0 aromatic heterocycles. The smallest absolute Gasteiger partial charge is 0.0771 e. The predicted octanol–water partition coefficient (Wildman–Crippen LogP) is 2.95. The fourth-order valence-corrected chi connectivity index (χ4v) is 2.37. The molecule has 1 aliphatic rings. The lowest BCUT2D eigenvalue weighted by atomic mass is 9.80. The van der Waals surface area contributed by atoms with Crippen molar-refractivity contribution in [3.05, 3.63) is 35.4 Å². The Hall–Kier alpha value is -0.860. The third-order valence-corrected chi connectivity index (χ3v) is 3.85. The second-order valence-electron chi connectivity index (χ2n) is 5.33. The van der Waals surface area contributed by atoms with Gasteiger partial charge in [-0.25, -0.2) is 0 Å². The molecule has 1 atom stereocenters. The van der Waals surface area contributed by atoms with Gasteiger partial charge in [-0.1, -0.05) is 36.8 Å². The molecule has 0 radical (unpaired) electrons. The fraction of sp³-hybridized carbons (Fsp3) is 0.600. The van der Waals surface area contributed by atoms with Crippen LogP contribution in [0.15, 0.2) is 24.3 Å². The predicted molar refractivity (Wildman–Crippen MR) is 71.0 cm³/mol. The molecule has 1 aliphatic carbocycles. The van der Waals surface area contributed by atoms with Crippen LogP contribution in [0.3, 0.4) is 0 Å². The summed E-state index contributed by atoms with van der Waals surface area (Å²) in [5.41, 5.74) is 2.18. The van der Waals surface area contributed by atoms with Crippen molar-refractivity contribution in [3.8, 4) is 0 Å². The van der Waals surface area contributed by atoms with Gasteiger partial charge >= 0.3 is 0 Å². The molecule has 1 saturated carbocycles. The molecular weight excluding hydrogens is 210 g/mol. The topological polar surface area (TPSA) is 32.3 Å². The molecule has 0 amide bonds. The highest BCUT2D eigenvalue weighted by molar-refractivity contribution is 5.24. The Labute approximate surface area is 104 Å². The van der Waals surface area contributed by atoms with E-state index in [1.165, 1.54) is 17.5 Å². The second-order valence-corrected chi connectivity index (χ2v) is 5.33. The first-order valence-electron chi connectivity index (χ1n) is 6.65. The first-order chi connectivity index (χ1) is 8.13. The maximum absolute atomic E-state index is 10.1. The zero-order chi connectivity index (χ0) is 12.3. The van der Waals surface area contributed by atoms with Crippen molar-refractivity contribution < 1.29 is 5.11 Å². The number of rotatable bonds is 5. The van der Waals surface area contributed by atoms with E-state index in [1.807, 2.05) is 0 Å². The van der Waals surface area contributed by atoms with E-state index in [-0.39, 0.29) is 0 Å². The van der Waals surface area contributed by atoms with Crippen molar-refractivity contribution in [3.63, 3.8) is 0 Å². The van der Waals surface area contributed by atoms with E-state index in [1.54, 1.807) is 0 Å². The Morgan fingerprint density at radius 3 is 2.41 bits per heavy atom. The third-order valence-electron chi connectivity index (χ3n) is 3.85. The van der Waals surface area contributed by atoms with Gasteiger partial charge in [-0.05, 0) is 38.2 Å². The van der Waals surface area contributed by atoms with Gasteiger partial charge in [0.1, 0.15) is 0 Å². The van der Waals surface area contributed by atoms with Crippen LogP contribution >= 0.6 is 0 Å². The number of benzene rings is 1. The van der Waals surface area contributed by atoms with Crippen LogP contribution in [0.1, 0.15) is 49.8 Å². The van der Waals surface area contributed by atoms with Gasteiger partial charge in [-0.2, -0.15) is 0 Å². The minimum absolute atomic E-state index is 0.361. The lowest BCUT2D eigenvalue weighted by molar-refractivity contribution is -0.0333. The van der Waals surface area contributed by atoms with Crippen LogP contribution in [0, 0.1) is 6.92 Å². The van der Waals surface area contributed by atoms with Crippen molar-refractivity contribution in [1.29, 1.82) is 0 Å². The van der Waals surface area contributed by atoms with Crippen LogP contribution in [0.25, 0.3) is 0 Å². The molecule has 0 spiro atoms. The lowest BCUT2D eigenvalue weighted by Crippen LogP contribution is -2.47. The molecule has 2 heteroatoms. The highest BCUT2D eigenvalue weighted by Gasteiger charge is 2.34. The van der Waals surface area contributed by atoms with E-state index < -0.39 is 5.60 Å². The molecule has 1 aromatic rings. The van der Waals surface area contributed by atoms with E-state index in [0.29, 0.717) is 6.04 Å². The lowest BCUT2D eigenvalue weighted by Gasteiger charge is -2.38. The van der Waals surface area contributed by atoms with Crippen LogP contribution in [0.2, 0.25) is 0 Å². The Morgan fingerprint density at radius 2 is 1.94 bits per heavy atom. The summed E-state index contributed by atoms with van der Waals surface area (Å²) in [6.45, 7) is 5.01. The summed E-state index contributed by atoms with van der Waals surface area (Å²) in [4.78, 5) is 0.